The highest BCUT2D eigenvalue weighted by Crippen LogP contribution is 2.29. The van der Waals surface area contributed by atoms with E-state index < -0.39 is 18.0 Å². The van der Waals surface area contributed by atoms with Crippen LogP contribution in [0.2, 0.25) is 0 Å². The zero-order valence-electron chi connectivity index (χ0n) is 17.5. The Kier molecular flexibility index (Phi) is 5.96. The molecule has 2 aromatic heterocycles. The Balaban J connectivity index is 1.38. The van der Waals surface area contributed by atoms with Crippen LogP contribution < -0.4 is 5.32 Å². The van der Waals surface area contributed by atoms with E-state index >= 15 is 0 Å². The highest BCUT2D eigenvalue weighted by atomic mass is 32.1. The van der Waals surface area contributed by atoms with Crippen molar-refractivity contribution < 1.29 is 24.2 Å². The quantitative estimate of drug-likeness (QED) is 0.558. The molecule has 8 nitrogen and oxygen atoms in total. The number of benzene rings is 1. The summed E-state index contributed by atoms with van der Waals surface area (Å²) in [6, 6.07) is 8.89. The van der Waals surface area contributed by atoms with Crippen molar-refractivity contribution in [3.63, 3.8) is 0 Å². The highest BCUT2D eigenvalue weighted by Gasteiger charge is 2.48. The molecule has 2 fully saturated rings. The first kappa shape index (κ1) is 21.7. The molecule has 2 aliphatic heterocycles. The summed E-state index contributed by atoms with van der Waals surface area (Å²) in [5, 5.41) is 17.0. The number of nitrogens with zero attached hydrogens (tertiary/aromatic N) is 2. The number of amides is 2. The van der Waals surface area contributed by atoms with Crippen LogP contribution in [0.1, 0.15) is 22.5 Å². The first-order chi connectivity index (χ1) is 16.0. The van der Waals surface area contributed by atoms with E-state index in [0.29, 0.717) is 18.5 Å². The molecule has 0 saturated carbocycles. The predicted octanol–water partition coefficient (Wildman–Crippen LogP) is 2.49. The average Bonchev–Trinajstić information content (AvgIpc) is 3.58. The average molecular weight is 484 g/mol. The second-order valence-corrected chi connectivity index (χ2v) is 9.80. The number of ether oxygens (including phenoxy) is 1. The lowest BCUT2D eigenvalue weighted by Crippen LogP contribution is -2.53. The molecule has 0 radical (unpaired) electrons. The van der Waals surface area contributed by atoms with Gasteiger partial charge in [-0.05, 0) is 35.6 Å². The van der Waals surface area contributed by atoms with Gasteiger partial charge in [0.05, 0.1) is 11.0 Å². The number of ketones is 1. The number of thiazole rings is 1. The standard InChI is InChI=1S/C23H21N3O5S2/c27-14-4-1-3-13(9-14)10-15(23(30)26-7-6-18-20(26)17(28)11-31-18)24-21(29)16-12-33-22(25-16)19-5-2-8-32-19/h1-5,8-9,12,15,18,20,27H,6-7,10-11H2,(H,24,29). The Hall–Kier alpha value is -3.08. The van der Waals surface area contributed by atoms with Gasteiger partial charge in [0.25, 0.3) is 5.91 Å². The second kappa shape index (κ2) is 9.05. The van der Waals surface area contributed by atoms with Crippen LogP contribution in [0.25, 0.3) is 9.88 Å². The number of thiophene rings is 1. The van der Waals surface area contributed by atoms with Crippen molar-refractivity contribution in [1.82, 2.24) is 15.2 Å². The van der Waals surface area contributed by atoms with E-state index in [1.165, 1.54) is 27.6 Å². The number of carbonyl (C=O) groups is 3. The van der Waals surface area contributed by atoms with E-state index in [1.54, 1.807) is 29.6 Å². The number of aromatic nitrogens is 1. The number of aromatic hydroxyl groups is 1. The fourth-order valence-electron chi connectivity index (χ4n) is 4.28. The van der Waals surface area contributed by atoms with E-state index in [0.717, 1.165) is 9.88 Å². The molecule has 2 N–H and O–H groups in total. The lowest BCUT2D eigenvalue weighted by Gasteiger charge is -2.27. The smallest absolute Gasteiger partial charge is 0.271 e. The summed E-state index contributed by atoms with van der Waals surface area (Å²) in [4.78, 5) is 45.8. The van der Waals surface area contributed by atoms with Gasteiger partial charge in [0.15, 0.2) is 5.78 Å². The third-order valence-electron chi connectivity index (χ3n) is 5.82. The molecule has 33 heavy (non-hydrogen) atoms. The number of hydrogen-bond acceptors (Lipinski definition) is 8. The van der Waals surface area contributed by atoms with Crippen LogP contribution in [-0.4, -0.2) is 63.9 Å². The maximum Gasteiger partial charge on any atom is 0.271 e. The van der Waals surface area contributed by atoms with Gasteiger partial charge in [-0.25, -0.2) is 4.98 Å². The molecule has 0 bridgehead atoms. The van der Waals surface area contributed by atoms with Crippen molar-refractivity contribution in [2.45, 2.75) is 31.0 Å². The molecule has 4 heterocycles. The molecule has 2 amide bonds. The normalized spacial score (nSPS) is 20.6. The Morgan fingerprint density at radius 2 is 2.15 bits per heavy atom. The van der Waals surface area contributed by atoms with Gasteiger partial charge in [0, 0.05) is 18.3 Å². The maximum absolute atomic E-state index is 13.5. The number of phenolic OH excluding ortho intramolecular Hbond substituents is 1. The Morgan fingerprint density at radius 3 is 2.94 bits per heavy atom. The van der Waals surface area contributed by atoms with Gasteiger partial charge in [-0.2, -0.15) is 0 Å². The van der Waals surface area contributed by atoms with Gasteiger partial charge < -0.3 is 20.1 Å². The first-order valence-corrected chi connectivity index (χ1v) is 12.3. The minimum absolute atomic E-state index is 0.00696. The number of nitrogens with one attached hydrogen (secondary N) is 1. The molecule has 170 valence electrons. The summed E-state index contributed by atoms with van der Waals surface area (Å²) in [5.41, 5.74) is 0.924. The summed E-state index contributed by atoms with van der Waals surface area (Å²) in [5.74, 6) is -0.844. The lowest BCUT2D eigenvalue weighted by atomic mass is 10.0. The Labute approximate surface area is 197 Å². The van der Waals surface area contributed by atoms with Crippen molar-refractivity contribution in [2.75, 3.05) is 13.2 Å². The largest absolute Gasteiger partial charge is 0.508 e. The summed E-state index contributed by atoms with van der Waals surface area (Å²) in [6.45, 7) is 0.401. The number of rotatable bonds is 6. The van der Waals surface area contributed by atoms with Gasteiger partial charge in [0.1, 0.15) is 35.1 Å². The number of likely N-dealkylation sites (tertiary alicyclic amines) is 1. The topological polar surface area (TPSA) is 109 Å². The SMILES string of the molecule is O=C(NC(Cc1cccc(O)c1)C(=O)N1CCC2OCC(=O)C21)c1csc(-c2cccs2)n1. The van der Waals surface area contributed by atoms with Crippen molar-refractivity contribution in [3.05, 3.63) is 58.4 Å². The first-order valence-electron chi connectivity index (χ1n) is 10.5. The molecule has 0 aliphatic carbocycles. The molecule has 2 saturated heterocycles. The number of Topliss-reactive ketones (excluding diaryl/α,β-unsaturated/α-hetero) is 1. The molecular weight excluding hydrogens is 462 g/mol. The zero-order chi connectivity index (χ0) is 22.9. The third-order valence-corrected chi connectivity index (χ3v) is 7.70. The maximum atomic E-state index is 13.5. The second-order valence-electron chi connectivity index (χ2n) is 8.00. The fraction of sp³-hybridized carbons (Fsp3) is 0.304. The van der Waals surface area contributed by atoms with E-state index in [4.69, 9.17) is 4.74 Å². The Bertz CT molecular complexity index is 1190. The van der Waals surface area contributed by atoms with E-state index in [2.05, 4.69) is 10.3 Å². The van der Waals surface area contributed by atoms with Gasteiger partial charge in [-0.1, -0.05) is 18.2 Å². The predicted molar refractivity (Wildman–Crippen MR) is 123 cm³/mol. The number of fused-ring (bicyclic) bond motifs is 1. The van der Waals surface area contributed by atoms with Crippen LogP contribution in [0.3, 0.4) is 0 Å². The van der Waals surface area contributed by atoms with Crippen LogP contribution in [-0.2, 0) is 20.7 Å². The van der Waals surface area contributed by atoms with Crippen LogP contribution in [0.15, 0.2) is 47.2 Å². The van der Waals surface area contributed by atoms with Crippen molar-refractivity contribution in [1.29, 1.82) is 0 Å². The number of carbonyl (C=O) groups excluding carboxylic acids is 3. The number of hydrogen-bond donors (Lipinski definition) is 2. The van der Waals surface area contributed by atoms with Gasteiger partial charge in [-0.15, -0.1) is 22.7 Å². The number of phenols is 1. The van der Waals surface area contributed by atoms with Crippen LogP contribution in [0, 0.1) is 0 Å². The van der Waals surface area contributed by atoms with Crippen molar-refractivity contribution in [2.24, 2.45) is 0 Å². The van der Waals surface area contributed by atoms with Crippen LogP contribution in [0.4, 0.5) is 0 Å². The summed E-state index contributed by atoms with van der Waals surface area (Å²) in [7, 11) is 0. The summed E-state index contributed by atoms with van der Waals surface area (Å²) >= 11 is 2.90. The highest BCUT2D eigenvalue weighted by molar-refractivity contribution is 7.20. The van der Waals surface area contributed by atoms with Gasteiger partial charge in [-0.3, -0.25) is 14.4 Å². The van der Waals surface area contributed by atoms with E-state index in [-0.39, 0.29) is 42.3 Å². The van der Waals surface area contributed by atoms with Gasteiger partial charge >= 0.3 is 0 Å². The van der Waals surface area contributed by atoms with Crippen molar-refractivity contribution in [3.8, 4) is 15.6 Å². The molecular formula is C23H21N3O5S2. The van der Waals surface area contributed by atoms with Crippen molar-refractivity contribution >= 4 is 40.3 Å². The van der Waals surface area contributed by atoms with Crippen LogP contribution >= 0.6 is 22.7 Å². The molecule has 0 spiro atoms. The summed E-state index contributed by atoms with van der Waals surface area (Å²) < 4.78 is 5.50. The minimum atomic E-state index is -0.918. The Morgan fingerprint density at radius 1 is 1.27 bits per heavy atom. The lowest BCUT2D eigenvalue weighted by molar-refractivity contribution is -0.138. The molecule has 5 rings (SSSR count). The molecule has 1 aromatic carbocycles. The third kappa shape index (κ3) is 4.41. The fourth-order valence-corrected chi connectivity index (χ4v) is 5.90. The van der Waals surface area contributed by atoms with Gasteiger partial charge in [0.2, 0.25) is 5.91 Å². The van der Waals surface area contributed by atoms with E-state index in [9.17, 15) is 19.5 Å². The molecule has 3 unspecified atom stereocenters. The molecule has 3 atom stereocenters. The summed E-state index contributed by atoms with van der Waals surface area (Å²) in [6.07, 6.45) is 0.472. The molecule has 3 aromatic rings. The monoisotopic (exact) mass is 483 g/mol. The zero-order valence-corrected chi connectivity index (χ0v) is 19.1. The minimum Gasteiger partial charge on any atom is -0.508 e. The molecule has 10 heteroatoms. The van der Waals surface area contributed by atoms with E-state index in [1.807, 2.05) is 17.5 Å². The molecule has 2 aliphatic rings. The van der Waals surface area contributed by atoms with Crippen LogP contribution in [0.5, 0.6) is 5.75 Å².